The number of aromatic nitrogens is 1. The van der Waals surface area contributed by atoms with Crippen LogP contribution in [-0.2, 0) is 6.42 Å². The van der Waals surface area contributed by atoms with Gasteiger partial charge in [0, 0.05) is 5.56 Å². The maximum absolute atomic E-state index is 13.0. The second-order valence-corrected chi connectivity index (χ2v) is 3.48. The molecular weight excluding hydrogens is 225 g/mol. The second kappa shape index (κ2) is 4.37. The maximum Gasteiger partial charge on any atom is 0.176 e. The Bertz CT molecular complexity index is 563. The van der Waals surface area contributed by atoms with Crippen molar-refractivity contribution in [3.63, 3.8) is 0 Å². The van der Waals surface area contributed by atoms with Crippen molar-refractivity contribution in [1.82, 2.24) is 5.16 Å². The first-order valence-electron chi connectivity index (χ1n) is 5.09. The number of hydrogen-bond acceptors (Lipinski definition) is 4. The lowest BCUT2D eigenvalue weighted by atomic mass is 10.1. The molecule has 0 radical (unpaired) electrons. The molecule has 88 valence electrons. The van der Waals surface area contributed by atoms with E-state index in [-0.39, 0.29) is 11.3 Å². The van der Waals surface area contributed by atoms with E-state index in [0.717, 1.165) is 0 Å². The van der Waals surface area contributed by atoms with Gasteiger partial charge in [0.25, 0.3) is 0 Å². The third kappa shape index (κ3) is 2.04. The van der Waals surface area contributed by atoms with Crippen molar-refractivity contribution in [3.05, 3.63) is 41.3 Å². The van der Waals surface area contributed by atoms with Crippen molar-refractivity contribution in [2.45, 2.75) is 13.3 Å². The van der Waals surface area contributed by atoms with Gasteiger partial charge in [-0.1, -0.05) is 24.2 Å². The first-order valence-corrected chi connectivity index (χ1v) is 5.09. The van der Waals surface area contributed by atoms with Crippen molar-refractivity contribution in [1.29, 1.82) is 0 Å². The molecule has 0 saturated carbocycles. The number of hydrogen-bond donors (Lipinski definition) is 0. The van der Waals surface area contributed by atoms with Crippen molar-refractivity contribution in [2.24, 2.45) is 0 Å². The SMILES string of the molecule is CCc1noc(-c2cccc(F)c2)c1C(=O)[O-]. The Morgan fingerprint density at radius 3 is 2.88 bits per heavy atom. The number of aromatic carboxylic acids is 1. The van der Waals surface area contributed by atoms with Crippen LogP contribution in [0, 0.1) is 5.82 Å². The third-order valence-electron chi connectivity index (χ3n) is 2.39. The van der Waals surface area contributed by atoms with Crippen LogP contribution in [0.2, 0.25) is 0 Å². The first-order chi connectivity index (χ1) is 8.13. The molecule has 5 heteroatoms. The fraction of sp³-hybridized carbons (Fsp3) is 0.167. The molecule has 4 nitrogen and oxygen atoms in total. The van der Waals surface area contributed by atoms with Gasteiger partial charge in [-0.25, -0.2) is 4.39 Å². The average molecular weight is 234 g/mol. The van der Waals surface area contributed by atoms with Crippen LogP contribution in [0.3, 0.4) is 0 Å². The molecule has 0 bridgehead atoms. The first kappa shape index (κ1) is 11.3. The normalized spacial score (nSPS) is 10.5. The standard InChI is InChI=1S/C12H10FNO3/c1-2-9-10(12(15)16)11(17-14-9)7-4-3-5-8(13)6-7/h3-6H,2H2,1H3,(H,15,16)/p-1. The monoisotopic (exact) mass is 234 g/mol. The summed E-state index contributed by atoms with van der Waals surface area (Å²) in [6, 6.07) is 5.47. The predicted molar refractivity (Wildman–Crippen MR) is 55.6 cm³/mol. The van der Waals surface area contributed by atoms with Crippen LogP contribution in [0.4, 0.5) is 4.39 Å². The van der Waals surface area contributed by atoms with Gasteiger partial charge in [0.2, 0.25) is 0 Å². The Balaban J connectivity index is 2.60. The van der Waals surface area contributed by atoms with E-state index in [1.54, 1.807) is 13.0 Å². The zero-order valence-corrected chi connectivity index (χ0v) is 9.07. The highest BCUT2D eigenvalue weighted by Crippen LogP contribution is 2.26. The Morgan fingerprint density at radius 2 is 2.29 bits per heavy atom. The summed E-state index contributed by atoms with van der Waals surface area (Å²) >= 11 is 0. The van der Waals surface area contributed by atoms with Crippen LogP contribution in [0.1, 0.15) is 23.0 Å². The molecule has 2 aromatic rings. The molecule has 1 heterocycles. The Kier molecular flexibility index (Phi) is 2.91. The number of carboxylic acid groups (broad SMARTS) is 1. The summed E-state index contributed by atoms with van der Waals surface area (Å²) < 4.78 is 18.0. The van der Waals surface area contributed by atoms with E-state index >= 15 is 0 Å². The van der Waals surface area contributed by atoms with Gasteiger partial charge in [0.15, 0.2) is 5.76 Å². The van der Waals surface area contributed by atoms with Crippen LogP contribution >= 0.6 is 0 Å². The molecule has 1 aromatic heterocycles. The van der Waals surface area contributed by atoms with E-state index in [1.807, 2.05) is 0 Å². The zero-order valence-electron chi connectivity index (χ0n) is 9.07. The summed E-state index contributed by atoms with van der Waals surface area (Å²) in [4.78, 5) is 11.0. The van der Waals surface area contributed by atoms with Gasteiger partial charge in [-0.15, -0.1) is 0 Å². The highest BCUT2D eigenvalue weighted by molar-refractivity contribution is 5.94. The molecule has 0 spiro atoms. The summed E-state index contributed by atoms with van der Waals surface area (Å²) in [7, 11) is 0. The lowest BCUT2D eigenvalue weighted by Crippen LogP contribution is -2.23. The van der Waals surface area contributed by atoms with Gasteiger partial charge in [-0.05, 0) is 18.6 Å². The van der Waals surface area contributed by atoms with Gasteiger partial charge in [-0.3, -0.25) is 0 Å². The minimum absolute atomic E-state index is 0.0290. The number of carbonyl (C=O) groups is 1. The number of carboxylic acids is 1. The number of benzene rings is 1. The van der Waals surface area contributed by atoms with Gasteiger partial charge in [0.1, 0.15) is 5.82 Å². The maximum atomic E-state index is 13.0. The van der Waals surface area contributed by atoms with Crippen molar-refractivity contribution < 1.29 is 18.8 Å². The molecule has 0 unspecified atom stereocenters. The number of rotatable bonds is 3. The van der Waals surface area contributed by atoms with E-state index < -0.39 is 11.8 Å². The fourth-order valence-electron chi connectivity index (χ4n) is 1.60. The molecule has 0 saturated heterocycles. The Morgan fingerprint density at radius 1 is 1.53 bits per heavy atom. The number of halogens is 1. The van der Waals surface area contributed by atoms with E-state index in [9.17, 15) is 14.3 Å². The smallest absolute Gasteiger partial charge is 0.176 e. The summed E-state index contributed by atoms with van der Waals surface area (Å²) in [5, 5.41) is 14.7. The molecule has 0 amide bonds. The summed E-state index contributed by atoms with van der Waals surface area (Å²) in [5.41, 5.74) is 0.513. The van der Waals surface area contributed by atoms with E-state index in [0.29, 0.717) is 17.7 Å². The lowest BCUT2D eigenvalue weighted by Gasteiger charge is -2.03. The fourth-order valence-corrected chi connectivity index (χ4v) is 1.60. The predicted octanol–water partition coefficient (Wildman–Crippen LogP) is 1.41. The van der Waals surface area contributed by atoms with E-state index in [4.69, 9.17) is 4.52 Å². The molecule has 0 aliphatic rings. The molecule has 0 fully saturated rings. The van der Waals surface area contributed by atoms with E-state index in [2.05, 4.69) is 5.16 Å². The zero-order chi connectivity index (χ0) is 12.4. The van der Waals surface area contributed by atoms with Crippen molar-refractivity contribution in [3.8, 4) is 11.3 Å². The van der Waals surface area contributed by atoms with Crippen LogP contribution < -0.4 is 5.11 Å². The highest BCUT2D eigenvalue weighted by Gasteiger charge is 2.17. The van der Waals surface area contributed by atoms with Gasteiger partial charge >= 0.3 is 0 Å². The number of aryl methyl sites for hydroxylation is 1. The van der Waals surface area contributed by atoms with Gasteiger partial charge < -0.3 is 14.4 Å². The highest BCUT2D eigenvalue weighted by atomic mass is 19.1. The molecule has 2 rings (SSSR count). The minimum atomic E-state index is -1.37. The second-order valence-electron chi connectivity index (χ2n) is 3.48. The minimum Gasteiger partial charge on any atom is -0.545 e. The van der Waals surface area contributed by atoms with Crippen LogP contribution in [0.25, 0.3) is 11.3 Å². The summed E-state index contributed by atoms with van der Waals surface area (Å²) in [6.45, 7) is 1.75. The third-order valence-corrected chi connectivity index (χ3v) is 2.39. The molecule has 0 aliphatic heterocycles. The Hall–Kier alpha value is -2.17. The molecular formula is C12H9FNO3-. The van der Waals surface area contributed by atoms with Crippen LogP contribution in [0.15, 0.2) is 28.8 Å². The number of carbonyl (C=O) groups excluding carboxylic acids is 1. The largest absolute Gasteiger partial charge is 0.545 e. The molecule has 0 N–H and O–H groups in total. The summed E-state index contributed by atoms with van der Waals surface area (Å²) in [5.74, 6) is -1.81. The van der Waals surface area contributed by atoms with Crippen molar-refractivity contribution >= 4 is 5.97 Å². The molecule has 0 aliphatic carbocycles. The topological polar surface area (TPSA) is 66.2 Å². The van der Waals surface area contributed by atoms with Crippen molar-refractivity contribution in [2.75, 3.05) is 0 Å². The van der Waals surface area contributed by atoms with Crippen LogP contribution in [0.5, 0.6) is 0 Å². The lowest BCUT2D eigenvalue weighted by molar-refractivity contribution is -0.255. The number of nitrogens with zero attached hydrogens (tertiary/aromatic N) is 1. The Labute approximate surface area is 96.7 Å². The average Bonchev–Trinajstić information content (AvgIpc) is 2.72. The van der Waals surface area contributed by atoms with E-state index in [1.165, 1.54) is 18.2 Å². The molecule has 0 atom stereocenters. The van der Waals surface area contributed by atoms with Gasteiger partial charge in [0.05, 0.1) is 17.2 Å². The van der Waals surface area contributed by atoms with Crippen LogP contribution in [-0.4, -0.2) is 11.1 Å². The molecule has 17 heavy (non-hydrogen) atoms. The summed E-state index contributed by atoms with van der Waals surface area (Å²) in [6.07, 6.45) is 0.405. The molecule has 1 aromatic carbocycles. The quantitative estimate of drug-likeness (QED) is 0.805. The van der Waals surface area contributed by atoms with Gasteiger partial charge in [-0.2, -0.15) is 0 Å².